The van der Waals surface area contributed by atoms with Gasteiger partial charge in [0.15, 0.2) is 11.7 Å². The van der Waals surface area contributed by atoms with Gasteiger partial charge in [-0.25, -0.2) is 0 Å². The van der Waals surface area contributed by atoms with Crippen LogP contribution >= 0.6 is 23.8 Å². The predicted molar refractivity (Wildman–Crippen MR) is 131 cm³/mol. The molecular formula is C23H27ClN4O3S. The number of ether oxygens (including phenoxy) is 1. The number of hydrogen-bond acceptors (Lipinski definition) is 5. The zero-order chi connectivity index (χ0) is 22.9. The highest BCUT2D eigenvalue weighted by Crippen LogP contribution is 2.23. The van der Waals surface area contributed by atoms with E-state index in [-0.39, 0.29) is 23.5 Å². The number of amides is 2. The van der Waals surface area contributed by atoms with Gasteiger partial charge in [-0.15, -0.1) is 0 Å². The molecule has 1 aliphatic heterocycles. The molecule has 2 aromatic carbocycles. The van der Waals surface area contributed by atoms with Gasteiger partial charge < -0.3 is 19.9 Å². The van der Waals surface area contributed by atoms with E-state index in [1.54, 1.807) is 24.3 Å². The van der Waals surface area contributed by atoms with Crippen LogP contribution in [-0.4, -0.2) is 54.6 Å². The molecule has 0 saturated carbocycles. The van der Waals surface area contributed by atoms with Gasteiger partial charge >= 0.3 is 0 Å². The Morgan fingerprint density at radius 2 is 1.75 bits per heavy atom. The first-order valence-corrected chi connectivity index (χ1v) is 11.4. The molecule has 0 bridgehead atoms. The van der Waals surface area contributed by atoms with Gasteiger partial charge in [-0.05, 0) is 55.0 Å². The maximum absolute atomic E-state index is 12.1. The van der Waals surface area contributed by atoms with Crippen LogP contribution in [0, 0.1) is 0 Å². The molecule has 1 fully saturated rings. The Morgan fingerprint density at radius 3 is 2.41 bits per heavy atom. The number of piperazine rings is 1. The van der Waals surface area contributed by atoms with Crippen molar-refractivity contribution in [2.45, 2.75) is 19.8 Å². The van der Waals surface area contributed by atoms with Crippen molar-refractivity contribution in [3.05, 3.63) is 53.6 Å². The molecule has 0 unspecified atom stereocenters. The summed E-state index contributed by atoms with van der Waals surface area (Å²) < 4.78 is 5.41. The van der Waals surface area contributed by atoms with Crippen LogP contribution in [0.4, 0.5) is 11.4 Å². The minimum absolute atomic E-state index is 0.188. The van der Waals surface area contributed by atoms with Crippen molar-refractivity contribution >= 4 is 52.1 Å². The minimum Gasteiger partial charge on any atom is -0.482 e. The van der Waals surface area contributed by atoms with Gasteiger partial charge in [0, 0.05) is 44.0 Å². The van der Waals surface area contributed by atoms with Gasteiger partial charge in [-0.2, -0.15) is 0 Å². The number of nitrogens with one attached hydrogen (secondary N) is 2. The fourth-order valence-electron chi connectivity index (χ4n) is 3.37. The number of halogens is 1. The van der Waals surface area contributed by atoms with E-state index in [1.807, 2.05) is 36.1 Å². The summed E-state index contributed by atoms with van der Waals surface area (Å²) in [7, 11) is 0. The number of carbonyl (C=O) groups excluding carboxylic acids is 2. The third kappa shape index (κ3) is 6.83. The van der Waals surface area contributed by atoms with E-state index in [4.69, 9.17) is 28.6 Å². The van der Waals surface area contributed by atoms with E-state index in [1.165, 1.54) is 0 Å². The Labute approximate surface area is 198 Å². The molecule has 0 spiro atoms. The molecule has 2 aromatic rings. The molecule has 170 valence electrons. The van der Waals surface area contributed by atoms with Gasteiger partial charge in [0.05, 0.1) is 5.02 Å². The van der Waals surface area contributed by atoms with Crippen LogP contribution in [0.3, 0.4) is 0 Å². The Kier molecular flexibility index (Phi) is 8.70. The van der Waals surface area contributed by atoms with Crippen molar-refractivity contribution in [1.82, 2.24) is 10.2 Å². The van der Waals surface area contributed by atoms with Crippen molar-refractivity contribution in [3.63, 3.8) is 0 Å². The highest BCUT2D eigenvalue weighted by atomic mass is 35.5. The number of para-hydroxylation sites is 1. The van der Waals surface area contributed by atoms with Gasteiger partial charge in [0.1, 0.15) is 5.75 Å². The second-order valence-corrected chi connectivity index (χ2v) is 8.20. The second-order valence-electron chi connectivity index (χ2n) is 7.39. The second kappa shape index (κ2) is 11.7. The van der Waals surface area contributed by atoms with Gasteiger partial charge in [0.2, 0.25) is 5.91 Å². The van der Waals surface area contributed by atoms with Crippen LogP contribution in [0.25, 0.3) is 0 Å². The fourth-order valence-corrected chi connectivity index (χ4v) is 3.79. The Morgan fingerprint density at radius 1 is 1.06 bits per heavy atom. The molecule has 1 heterocycles. The van der Waals surface area contributed by atoms with Crippen molar-refractivity contribution < 1.29 is 14.3 Å². The van der Waals surface area contributed by atoms with Crippen LogP contribution in [0.15, 0.2) is 48.5 Å². The van der Waals surface area contributed by atoms with Gasteiger partial charge in [-0.1, -0.05) is 30.7 Å². The quantitative estimate of drug-likeness (QED) is 0.596. The van der Waals surface area contributed by atoms with E-state index in [0.717, 1.165) is 44.0 Å². The highest BCUT2D eigenvalue weighted by molar-refractivity contribution is 7.80. The molecule has 9 heteroatoms. The third-order valence-electron chi connectivity index (χ3n) is 5.03. The summed E-state index contributed by atoms with van der Waals surface area (Å²) in [6.07, 6.45) is 1.49. The van der Waals surface area contributed by atoms with E-state index >= 15 is 0 Å². The highest BCUT2D eigenvalue weighted by Gasteiger charge is 2.20. The number of hydrogen-bond donors (Lipinski definition) is 2. The number of rotatable bonds is 7. The Hall–Kier alpha value is -2.84. The normalized spacial score (nSPS) is 13.4. The molecule has 0 atom stereocenters. The summed E-state index contributed by atoms with van der Waals surface area (Å²) in [6, 6.07) is 14.8. The summed E-state index contributed by atoms with van der Waals surface area (Å²) in [5.74, 6) is 0.295. The van der Waals surface area contributed by atoms with Gasteiger partial charge in [0.25, 0.3) is 5.91 Å². The minimum atomic E-state index is -0.380. The zero-order valence-electron chi connectivity index (χ0n) is 18.0. The lowest BCUT2D eigenvalue weighted by atomic mass is 10.2. The van der Waals surface area contributed by atoms with Gasteiger partial charge in [-0.3, -0.25) is 14.9 Å². The van der Waals surface area contributed by atoms with E-state index in [2.05, 4.69) is 15.5 Å². The van der Waals surface area contributed by atoms with Crippen LogP contribution in [0.2, 0.25) is 5.02 Å². The molecule has 7 nitrogen and oxygen atoms in total. The summed E-state index contributed by atoms with van der Waals surface area (Å²) in [4.78, 5) is 28.3. The lowest BCUT2D eigenvalue weighted by Gasteiger charge is -2.36. The maximum atomic E-state index is 12.1. The first kappa shape index (κ1) is 23.8. The van der Waals surface area contributed by atoms with Crippen molar-refractivity contribution in [2.24, 2.45) is 0 Å². The number of anilines is 2. The monoisotopic (exact) mass is 474 g/mol. The standard InChI is InChI=1S/C23H27ClN4O3S/c1-2-5-22(30)28-14-12-27(13-15-28)18-10-8-17(9-11-18)25-23(32)26-21(29)16-31-20-7-4-3-6-19(20)24/h3-4,6-11H,2,5,12-16H2,1H3,(H2,25,26,29,32). The van der Waals surface area contributed by atoms with Crippen molar-refractivity contribution in [3.8, 4) is 5.75 Å². The van der Waals surface area contributed by atoms with Crippen molar-refractivity contribution in [2.75, 3.05) is 43.0 Å². The number of thiocarbonyl (C=S) groups is 1. The SMILES string of the molecule is CCCC(=O)N1CCN(c2ccc(NC(=S)NC(=O)COc3ccccc3Cl)cc2)CC1. The Bertz CT molecular complexity index is 947. The first-order chi connectivity index (χ1) is 15.5. The smallest absolute Gasteiger partial charge is 0.264 e. The van der Waals surface area contributed by atoms with Crippen LogP contribution < -0.4 is 20.3 Å². The zero-order valence-corrected chi connectivity index (χ0v) is 19.5. The lowest BCUT2D eigenvalue weighted by molar-refractivity contribution is -0.131. The molecular weight excluding hydrogens is 448 g/mol. The maximum Gasteiger partial charge on any atom is 0.264 e. The molecule has 2 N–H and O–H groups in total. The molecule has 0 aliphatic carbocycles. The summed E-state index contributed by atoms with van der Waals surface area (Å²) in [5.41, 5.74) is 1.85. The number of carbonyl (C=O) groups is 2. The number of benzene rings is 2. The Balaban J connectivity index is 1.43. The average molecular weight is 475 g/mol. The fraction of sp³-hybridized carbons (Fsp3) is 0.348. The van der Waals surface area contributed by atoms with E-state index in [0.29, 0.717) is 17.2 Å². The molecule has 1 aliphatic rings. The van der Waals surface area contributed by atoms with Crippen molar-refractivity contribution in [1.29, 1.82) is 0 Å². The first-order valence-electron chi connectivity index (χ1n) is 10.6. The largest absolute Gasteiger partial charge is 0.482 e. The summed E-state index contributed by atoms with van der Waals surface area (Å²) >= 11 is 11.2. The molecule has 0 radical (unpaired) electrons. The van der Waals surface area contributed by atoms with E-state index < -0.39 is 0 Å². The third-order valence-corrected chi connectivity index (χ3v) is 5.55. The summed E-state index contributed by atoms with van der Waals surface area (Å²) in [6.45, 7) is 4.92. The molecule has 3 rings (SSSR count). The summed E-state index contributed by atoms with van der Waals surface area (Å²) in [5, 5.41) is 6.21. The number of nitrogens with zero attached hydrogens (tertiary/aromatic N) is 2. The van der Waals surface area contributed by atoms with E-state index in [9.17, 15) is 9.59 Å². The predicted octanol–water partition coefficient (Wildman–Crippen LogP) is 3.68. The molecule has 1 saturated heterocycles. The molecule has 2 amide bonds. The van der Waals surface area contributed by atoms with Crippen LogP contribution in [0.1, 0.15) is 19.8 Å². The molecule has 0 aromatic heterocycles. The topological polar surface area (TPSA) is 73.9 Å². The van der Waals surface area contributed by atoms with Crippen LogP contribution in [0.5, 0.6) is 5.75 Å². The average Bonchev–Trinajstić information content (AvgIpc) is 2.79. The molecule has 32 heavy (non-hydrogen) atoms. The van der Waals surface area contributed by atoms with Crippen LogP contribution in [-0.2, 0) is 9.59 Å². The lowest BCUT2D eigenvalue weighted by Crippen LogP contribution is -2.48.